The lowest BCUT2D eigenvalue weighted by atomic mass is 10.00. The summed E-state index contributed by atoms with van der Waals surface area (Å²) in [7, 11) is 0. The molecule has 0 spiro atoms. The van der Waals surface area contributed by atoms with Gasteiger partial charge in [-0.15, -0.1) is 11.3 Å². The third kappa shape index (κ3) is 2.37. The summed E-state index contributed by atoms with van der Waals surface area (Å²) < 4.78 is 13.2. The Morgan fingerprint density at radius 1 is 1.39 bits per heavy atom. The van der Waals surface area contributed by atoms with E-state index in [-0.39, 0.29) is 5.82 Å². The minimum absolute atomic E-state index is 0.155. The number of benzene rings is 1. The van der Waals surface area contributed by atoms with Crippen molar-refractivity contribution in [3.05, 3.63) is 46.2 Å². The van der Waals surface area contributed by atoms with Gasteiger partial charge in [0, 0.05) is 30.7 Å². The molecule has 3 nitrogen and oxygen atoms in total. The average molecular weight is 263 g/mol. The van der Waals surface area contributed by atoms with Crippen LogP contribution in [-0.2, 0) is 19.5 Å². The van der Waals surface area contributed by atoms with Crippen LogP contribution in [0.4, 0.5) is 9.52 Å². The van der Waals surface area contributed by atoms with Crippen molar-refractivity contribution in [3.8, 4) is 0 Å². The van der Waals surface area contributed by atoms with E-state index in [1.54, 1.807) is 12.1 Å². The number of hydrogen-bond donors (Lipinski definition) is 1. The summed E-state index contributed by atoms with van der Waals surface area (Å²) in [4.78, 5) is 7.51. The van der Waals surface area contributed by atoms with Gasteiger partial charge in [0.25, 0.3) is 0 Å². The Morgan fingerprint density at radius 2 is 2.28 bits per heavy atom. The quantitative estimate of drug-likeness (QED) is 0.904. The van der Waals surface area contributed by atoms with E-state index >= 15 is 0 Å². The monoisotopic (exact) mass is 263 g/mol. The van der Waals surface area contributed by atoms with Crippen molar-refractivity contribution >= 4 is 16.5 Å². The molecular formula is C13H14FN3S. The van der Waals surface area contributed by atoms with Crippen LogP contribution in [0, 0.1) is 5.82 Å². The van der Waals surface area contributed by atoms with Crippen LogP contribution in [0.25, 0.3) is 0 Å². The third-order valence-electron chi connectivity index (χ3n) is 3.21. The molecule has 18 heavy (non-hydrogen) atoms. The minimum atomic E-state index is -0.155. The summed E-state index contributed by atoms with van der Waals surface area (Å²) in [5.41, 5.74) is 7.98. The molecule has 1 aliphatic rings. The number of nitrogens with zero attached hydrogens (tertiary/aromatic N) is 2. The van der Waals surface area contributed by atoms with E-state index < -0.39 is 0 Å². The van der Waals surface area contributed by atoms with Crippen molar-refractivity contribution in [1.29, 1.82) is 0 Å². The number of anilines is 1. The van der Waals surface area contributed by atoms with E-state index in [1.165, 1.54) is 16.9 Å². The smallest absolute Gasteiger partial charge is 0.180 e. The van der Waals surface area contributed by atoms with Gasteiger partial charge in [-0.1, -0.05) is 6.07 Å². The van der Waals surface area contributed by atoms with E-state index in [2.05, 4.69) is 9.88 Å². The Balaban J connectivity index is 1.74. The van der Waals surface area contributed by atoms with Crippen LogP contribution in [0.2, 0.25) is 0 Å². The van der Waals surface area contributed by atoms with Crippen LogP contribution in [0.3, 0.4) is 0 Å². The van der Waals surface area contributed by atoms with E-state index in [1.807, 2.05) is 12.3 Å². The Kier molecular flexibility index (Phi) is 3.01. The number of rotatable bonds is 2. The number of thiazole rings is 1. The van der Waals surface area contributed by atoms with Gasteiger partial charge in [0.2, 0.25) is 0 Å². The van der Waals surface area contributed by atoms with Gasteiger partial charge >= 0.3 is 0 Å². The van der Waals surface area contributed by atoms with E-state index in [4.69, 9.17) is 5.73 Å². The van der Waals surface area contributed by atoms with Gasteiger partial charge in [0.05, 0.1) is 0 Å². The topological polar surface area (TPSA) is 42.1 Å². The van der Waals surface area contributed by atoms with Gasteiger partial charge in [-0.05, 0) is 29.7 Å². The molecule has 2 heterocycles. The molecule has 2 N–H and O–H groups in total. The molecule has 94 valence electrons. The van der Waals surface area contributed by atoms with Crippen molar-refractivity contribution in [2.75, 3.05) is 12.3 Å². The molecule has 0 bridgehead atoms. The van der Waals surface area contributed by atoms with Crippen molar-refractivity contribution in [1.82, 2.24) is 9.88 Å². The van der Waals surface area contributed by atoms with Crippen LogP contribution >= 0.6 is 11.3 Å². The van der Waals surface area contributed by atoms with Crippen LogP contribution in [0.1, 0.15) is 16.0 Å². The number of aromatic nitrogens is 1. The zero-order chi connectivity index (χ0) is 12.5. The largest absolute Gasteiger partial charge is 0.375 e. The van der Waals surface area contributed by atoms with Crippen LogP contribution in [-0.4, -0.2) is 16.4 Å². The summed E-state index contributed by atoms with van der Waals surface area (Å²) in [6.45, 7) is 2.63. The summed E-state index contributed by atoms with van der Waals surface area (Å²) in [6, 6.07) is 5.08. The van der Waals surface area contributed by atoms with Crippen LogP contribution in [0.15, 0.2) is 24.4 Å². The van der Waals surface area contributed by atoms with Gasteiger partial charge in [-0.2, -0.15) is 0 Å². The fourth-order valence-electron chi connectivity index (χ4n) is 2.34. The molecule has 2 aromatic rings. The molecule has 1 aromatic heterocycles. The summed E-state index contributed by atoms with van der Waals surface area (Å²) in [6.07, 6.45) is 2.80. The lowest BCUT2D eigenvalue weighted by molar-refractivity contribution is 0.247. The predicted molar refractivity (Wildman–Crippen MR) is 70.7 cm³/mol. The molecular weight excluding hydrogens is 249 g/mol. The third-order valence-corrected chi connectivity index (χ3v) is 4.02. The first-order valence-corrected chi connectivity index (χ1v) is 6.72. The maximum atomic E-state index is 13.2. The van der Waals surface area contributed by atoms with E-state index in [0.717, 1.165) is 36.5 Å². The van der Waals surface area contributed by atoms with Crippen molar-refractivity contribution in [2.24, 2.45) is 0 Å². The first-order chi connectivity index (χ1) is 8.70. The Hall–Kier alpha value is -1.46. The first kappa shape index (κ1) is 11.6. The summed E-state index contributed by atoms with van der Waals surface area (Å²) in [5, 5.41) is 0.605. The molecule has 0 saturated heterocycles. The minimum Gasteiger partial charge on any atom is -0.375 e. The zero-order valence-corrected chi connectivity index (χ0v) is 10.7. The summed E-state index contributed by atoms with van der Waals surface area (Å²) >= 11 is 1.52. The molecule has 1 aromatic carbocycles. The molecule has 0 fully saturated rings. The Morgan fingerprint density at radius 3 is 3.06 bits per heavy atom. The molecule has 0 amide bonds. The lowest BCUT2D eigenvalue weighted by Gasteiger charge is -2.28. The highest BCUT2D eigenvalue weighted by Gasteiger charge is 2.17. The molecule has 5 heteroatoms. The first-order valence-electron chi connectivity index (χ1n) is 5.90. The van der Waals surface area contributed by atoms with E-state index in [9.17, 15) is 4.39 Å². The second kappa shape index (κ2) is 4.66. The number of nitrogen functional groups attached to an aromatic ring is 1. The van der Waals surface area contributed by atoms with Gasteiger partial charge < -0.3 is 5.73 Å². The van der Waals surface area contributed by atoms with Crippen molar-refractivity contribution in [2.45, 2.75) is 19.5 Å². The predicted octanol–water partition coefficient (Wildman–Crippen LogP) is 2.42. The molecule has 0 aliphatic carbocycles. The maximum Gasteiger partial charge on any atom is 0.180 e. The van der Waals surface area contributed by atoms with Crippen LogP contribution in [0.5, 0.6) is 0 Å². The highest BCUT2D eigenvalue weighted by Crippen LogP contribution is 2.23. The van der Waals surface area contributed by atoms with Gasteiger partial charge in [-0.3, -0.25) is 4.90 Å². The zero-order valence-electron chi connectivity index (χ0n) is 9.90. The molecule has 0 radical (unpaired) electrons. The fraction of sp³-hybridized carbons (Fsp3) is 0.308. The van der Waals surface area contributed by atoms with Crippen molar-refractivity contribution in [3.63, 3.8) is 0 Å². The second-order valence-corrected chi connectivity index (χ2v) is 5.69. The fourth-order valence-corrected chi connectivity index (χ4v) is 3.06. The summed E-state index contributed by atoms with van der Waals surface area (Å²) in [5.74, 6) is -0.155. The average Bonchev–Trinajstić information content (AvgIpc) is 2.74. The van der Waals surface area contributed by atoms with E-state index in [0.29, 0.717) is 5.13 Å². The molecule has 0 saturated carbocycles. The molecule has 0 atom stereocenters. The normalized spacial score (nSPS) is 15.6. The molecule has 3 rings (SSSR count). The maximum absolute atomic E-state index is 13.2. The number of nitrogens with two attached hydrogens (primary N) is 1. The van der Waals surface area contributed by atoms with Crippen molar-refractivity contribution < 1.29 is 4.39 Å². The highest BCUT2D eigenvalue weighted by atomic mass is 32.1. The number of fused-ring (bicyclic) bond motifs is 1. The van der Waals surface area contributed by atoms with Crippen LogP contribution < -0.4 is 5.73 Å². The van der Waals surface area contributed by atoms with Gasteiger partial charge in [-0.25, -0.2) is 9.37 Å². The van der Waals surface area contributed by atoms with Gasteiger partial charge in [0.15, 0.2) is 5.13 Å². The standard InChI is InChI=1S/C13H14FN3S/c14-11-2-1-9-3-4-17(7-10(9)5-11)8-12-6-16-13(15)18-12/h1-2,5-6H,3-4,7-8H2,(H2,15,16). The Labute approximate surface area is 109 Å². The lowest BCUT2D eigenvalue weighted by Crippen LogP contribution is -2.29. The van der Waals surface area contributed by atoms with Gasteiger partial charge in [0.1, 0.15) is 5.82 Å². The number of halogens is 1. The SMILES string of the molecule is Nc1ncc(CN2CCc3ccc(F)cc3C2)s1. The second-order valence-electron chi connectivity index (χ2n) is 4.54. The Bertz CT molecular complexity index is 567. The highest BCUT2D eigenvalue weighted by molar-refractivity contribution is 7.15. The molecule has 0 unspecified atom stereocenters. The molecule has 1 aliphatic heterocycles. The number of hydrogen-bond acceptors (Lipinski definition) is 4.